The summed E-state index contributed by atoms with van der Waals surface area (Å²) in [5.74, 6) is -1.98. The number of benzene rings is 2. The molecule has 0 radical (unpaired) electrons. The highest BCUT2D eigenvalue weighted by Gasteiger charge is 2.14. The van der Waals surface area contributed by atoms with Gasteiger partial charge in [0.15, 0.2) is 11.6 Å². The van der Waals surface area contributed by atoms with Crippen LogP contribution in [0.1, 0.15) is 5.56 Å². The first-order valence-corrected chi connectivity index (χ1v) is 6.42. The van der Waals surface area contributed by atoms with Gasteiger partial charge in [0.1, 0.15) is 22.3 Å². The van der Waals surface area contributed by atoms with Crippen LogP contribution in [0.15, 0.2) is 30.3 Å². The number of halogens is 4. The van der Waals surface area contributed by atoms with Crippen molar-refractivity contribution >= 4 is 22.5 Å². The van der Waals surface area contributed by atoms with Crippen molar-refractivity contribution in [3.63, 3.8) is 0 Å². The zero-order valence-electron chi connectivity index (χ0n) is 10.8. The molecule has 1 aromatic heterocycles. The van der Waals surface area contributed by atoms with Crippen LogP contribution in [0.4, 0.5) is 13.2 Å². The molecule has 0 aliphatic carbocycles. The van der Waals surface area contributed by atoms with E-state index in [-0.39, 0.29) is 21.9 Å². The zero-order valence-corrected chi connectivity index (χ0v) is 11.5. The van der Waals surface area contributed by atoms with Gasteiger partial charge in [0.25, 0.3) is 0 Å². The Morgan fingerprint density at radius 3 is 2.48 bits per heavy atom. The van der Waals surface area contributed by atoms with Crippen LogP contribution in [0.5, 0.6) is 0 Å². The first-order valence-electron chi connectivity index (χ1n) is 6.04. The van der Waals surface area contributed by atoms with E-state index in [1.54, 1.807) is 13.0 Å². The highest BCUT2D eigenvalue weighted by molar-refractivity contribution is 6.34. The van der Waals surface area contributed by atoms with Crippen LogP contribution in [0.3, 0.4) is 0 Å². The molecule has 0 unspecified atom stereocenters. The summed E-state index contributed by atoms with van der Waals surface area (Å²) in [5, 5.41) is -0.0102. The first-order chi connectivity index (χ1) is 9.95. The minimum Gasteiger partial charge on any atom is -0.225 e. The van der Waals surface area contributed by atoms with E-state index in [9.17, 15) is 13.2 Å². The second kappa shape index (κ2) is 5.00. The fourth-order valence-corrected chi connectivity index (χ4v) is 2.30. The Balaban J connectivity index is 2.33. The average molecular weight is 309 g/mol. The molecule has 21 heavy (non-hydrogen) atoms. The normalized spacial score (nSPS) is 11.1. The Morgan fingerprint density at radius 2 is 1.71 bits per heavy atom. The molecule has 0 saturated carbocycles. The van der Waals surface area contributed by atoms with Crippen LogP contribution in [0.2, 0.25) is 5.15 Å². The van der Waals surface area contributed by atoms with Crippen LogP contribution < -0.4 is 0 Å². The third-order valence-electron chi connectivity index (χ3n) is 3.11. The van der Waals surface area contributed by atoms with Gasteiger partial charge < -0.3 is 0 Å². The number of rotatable bonds is 1. The Morgan fingerprint density at radius 1 is 0.952 bits per heavy atom. The summed E-state index contributed by atoms with van der Waals surface area (Å²) in [4.78, 5) is 8.06. The molecule has 6 heteroatoms. The number of aromatic nitrogens is 2. The summed E-state index contributed by atoms with van der Waals surface area (Å²) in [6.07, 6.45) is 0. The highest BCUT2D eigenvalue weighted by atomic mass is 35.5. The van der Waals surface area contributed by atoms with Crippen LogP contribution in [0.25, 0.3) is 22.3 Å². The summed E-state index contributed by atoms with van der Waals surface area (Å²) < 4.78 is 40.4. The van der Waals surface area contributed by atoms with Gasteiger partial charge in [-0.05, 0) is 30.7 Å². The van der Waals surface area contributed by atoms with Gasteiger partial charge in [0, 0.05) is 17.0 Å². The molecule has 0 amide bonds. The Hall–Kier alpha value is -2.14. The predicted octanol–water partition coefficient (Wildman–Crippen LogP) is 4.68. The summed E-state index contributed by atoms with van der Waals surface area (Å²) in [7, 11) is 0. The fraction of sp³-hybridized carbons (Fsp3) is 0.0667. The van der Waals surface area contributed by atoms with Gasteiger partial charge >= 0.3 is 0 Å². The Labute approximate surface area is 123 Å². The van der Waals surface area contributed by atoms with Crippen molar-refractivity contribution < 1.29 is 13.2 Å². The van der Waals surface area contributed by atoms with E-state index in [1.807, 2.05) is 0 Å². The molecule has 3 aromatic rings. The summed E-state index contributed by atoms with van der Waals surface area (Å²) in [5.41, 5.74) is 1.02. The van der Waals surface area contributed by atoms with Crippen LogP contribution in [-0.2, 0) is 0 Å². The summed E-state index contributed by atoms with van der Waals surface area (Å²) in [6.45, 7) is 1.75. The molecule has 0 atom stereocenters. The lowest BCUT2D eigenvalue weighted by molar-refractivity contribution is 0.590. The largest absolute Gasteiger partial charge is 0.225 e. The molecule has 2 nitrogen and oxygen atoms in total. The lowest BCUT2D eigenvalue weighted by Crippen LogP contribution is -1.97. The predicted molar refractivity (Wildman–Crippen MR) is 74.6 cm³/mol. The number of fused-ring (bicyclic) bond motifs is 1. The van der Waals surface area contributed by atoms with Crippen molar-refractivity contribution in [3.05, 3.63) is 58.5 Å². The SMILES string of the molecule is Cc1ccc(F)cc1-c1nc(Cl)c2cc(F)cc(F)c2n1. The molecule has 0 fully saturated rings. The second-order valence-electron chi connectivity index (χ2n) is 4.58. The van der Waals surface area contributed by atoms with Crippen molar-refractivity contribution in [2.24, 2.45) is 0 Å². The number of aryl methyl sites for hydroxylation is 1. The van der Waals surface area contributed by atoms with Gasteiger partial charge in [-0.2, -0.15) is 0 Å². The van der Waals surface area contributed by atoms with Crippen molar-refractivity contribution in [2.45, 2.75) is 6.92 Å². The van der Waals surface area contributed by atoms with Crippen LogP contribution in [0, 0.1) is 24.4 Å². The van der Waals surface area contributed by atoms with Gasteiger partial charge in [-0.25, -0.2) is 23.1 Å². The van der Waals surface area contributed by atoms with Crippen molar-refractivity contribution in [3.8, 4) is 11.4 Å². The maximum atomic E-state index is 13.8. The monoisotopic (exact) mass is 308 g/mol. The lowest BCUT2D eigenvalue weighted by atomic mass is 10.1. The molecule has 106 valence electrons. The van der Waals surface area contributed by atoms with E-state index in [4.69, 9.17) is 11.6 Å². The molecule has 0 aliphatic rings. The minimum absolute atomic E-state index is 0.0759. The van der Waals surface area contributed by atoms with Crippen molar-refractivity contribution in [1.82, 2.24) is 9.97 Å². The lowest BCUT2D eigenvalue weighted by Gasteiger charge is -2.08. The van der Waals surface area contributed by atoms with Gasteiger partial charge in [0.2, 0.25) is 0 Å². The van der Waals surface area contributed by atoms with Crippen molar-refractivity contribution in [1.29, 1.82) is 0 Å². The van der Waals surface area contributed by atoms with Gasteiger partial charge in [-0.3, -0.25) is 0 Å². The molecule has 2 aromatic carbocycles. The topological polar surface area (TPSA) is 25.8 Å². The van der Waals surface area contributed by atoms with Gasteiger partial charge in [-0.1, -0.05) is 17.7 Å². The molecule has 3 rings (SSSR count). The van der Waals surface area contributed by atoms with Crippen LogP contribution >= 0.6 is 11.6 Å². The summed E-state index contributed by atoms with van der Waals surface area (Å²) in [6, 6.07) is 5.88. The van der Waals surface area contributed by atoms with E-state index in [1.165, 1.54) is 12.1 Å². The maximum absolute atomic E-state index is 13.8. The number of hydrogen-bond acceptors (Lipinski definition) is 2. The third kappa shape index (κ3) is 2.45. The van der Waals surface area contributed by atoms with E-state index >= 15 is 0 Å². The quantitative estimate of drug-likeness (QED) is 0.610. The zero-order chi connectivity index (χ0) is 15.1. The van der Waals surface area contributed by atoms with Gasteiger partial charge in [-0.15, -0.1) is 0 Å². The smallest absolute Gasteiger partial charge is 0.161 e. The molecule has 0 aliphatic heterocycles. The average Bonchev–Trinajstić information content (AvgIpc) is 2.42. The standard InChI is InChI=1S/C15H8ClF3N2/c1-7-2-3-8(17)4-10(7)15-20-13-11(14(16)21-15)5-9(18)6-12(13)19/h2-6H,1H3. The molecular formula is C15H8ClF3N2. The molecule has 0 bridgehead atoms. The fourth-order valence-electron chi connectivity index (χ4n) is 2.08. The Bertz CT molecular complexity index is 865. The third-order valence-corrected chi connectivity index (χ3v) is 3.40. The first kappa shape index (κ1) is 13.8. The van der Waals surface area contributed by atoms with Gasteiger partial charge in [0.05, 0.1) is 0 Å². The molecule has 0 N–H and O–H groups in total. The molecular weight excluding hydrogens is 301 g/mol. The molecule has 0 spiro atoms. The summed E-state index contributed by atoms with van der Waals surface area (Å²) >= 11 is 5.97. The maximum Gasteiger partial charge on any atom is 0.161 e. The van der Waals surface area contributed by atoms with Crippen molar-refractivity contribution in [2.75, 3.05) is 0 Å². The van der Waals surface area contributed by atoms with E-state index in [2.05, 4.69) is 9.97 Å². The van der Waals surface area contributed by atoms with E-state index in [0.29, 0.717) is 17.2 Å². The molecule has 1 heterocycles. The minimum atomic E-state index is -0.843. The van der Waals surface area contributed by atoms with E-state index in [0.717, 1.165) is 6.07 Å². The second-order valence-corrected chi connectivity index (χ2v) is 4.94. The Kier molecular flexibility index (Phi) is 3.29. The number of nitrogens with zero attached hydrogens (tertiary/aromatic N) is 2. The number of hydrogen-bond donors (Lipinski definition) is 0. The van der Waals surface area contributed by atoms with Crippen LogP contribution in [-0.4, -0.2) is 9.97 Å². The highest BCUT2D eigenvalue weighted by Crippen LogP contribution is 2.29. The molecule has 0 saturated heterocycles. The van der Waals surface area contributed by atoms with E-state index < -0.39 is 17.5 Å².